The van der Waals surface area contributed by atoms with Crippen molar-refractivity contribution in [2.45, 2.75) is 13.5 Å². The minimum absolute atomic E-state index is 0. The molecule has 2 heterocycles. The summed E-state index contributed by atoms with van der Waals surface area (Å²) < 4.78 is 6.62. The maximum atomic E-state index is 11.7. The molecule has 2 N–H and O–H groups in total. The fourth-order valence-electron chi connectivity index (χ4n) is 2.38. The van der Waals surface area contributed by atoms with Gasteiger partial charge in [-0.15, -0.1) is 24.8 Å². The number of carbonyl (C=O) groups is 1. The topological polar surface area (TPSA) is 83.0 Å². The van der Waals surface area contributed by atoms with Gasteiger partial charge in [0.2, 0.25) is 0 Å². The van der Waals surface area contributed by atoms with Gasteiger partial charge in [-0.2, -0.15) is 0 Å². The van der Waals surface area contributed by atoms with Gasteiger partial charge in [0.15, 0.2) is 11.3 Å². The highest BCUT2D eigenvalue weighted by atomic mass is 35.5. The number of fused-ring (bicyclic) bond motifs is 1. The Morgan fingerprint density at radius 2 is 1.96 bits per heavy atom. The highest BCUT2D eigenvalue weighted by molar-refractivity contribution is 6.31. The maximum Gasteiger partial charge on any atom is 0.356 e. The van der Waals surface area contributed by atoms with Crippen LogP contribution in [0.1, 0.15) is 21.9 Å². The molecule has 0 fully saturated rings. The number of imidazole rings is 1. The lowest BCUT2D eigenvalue weighted by Gasteiger charge is -2.09. The molecule has 0 amide bonds. The number of ether oxygens (including phenoxy) is 1. The van der Waals surface area contributed by atoms with Crippen LogP contribution in [0.2, 0.25) is 5.02 Å². The smallest absolute Gasteiger partial charge is 0.356 e. The van der Waals surface area contributed by atoms with Crippen LogP contribution in [0.4, 0.5) is 5.69 Å². The number of hydrogen-bond donors (Lipinski definition) is 1. The Morgan fingerprint density at radius 1 is 1.24 bits per heavy atom. The molecule has 3 aromatic rings. The van der Waals surface area contributed by atoms with E-state index in [0.29, 0.717) is 28.4 Å². The van der Waals surface area contributed by atoms with Crippen molar-refractivity contribution < 1.29 is 9.53 Å². The molecule has 0 spiro atoms. The number of methoxy groups -OCH3 is 1. The monoisotopic (exact) mass is 402 g/mol. The summed E-state index contributed by atoms with van der Waals surface area (Å²) in [4.78, 5) is 20.5. The number of nitrogen functional groups attached to an aromatic ring is 1. The summed E-state index contributed by atoms with van der Waals surface area (Å²) in [5.41, 5.74) is 8.79. The van der Waals surface area contributed by atoms with E-state index in [4.69, 9.17) is 22.1 Å². The second-order valence-corrected chi connectivity index (χ2v) is 5.53. The van der Waals surface area contributed by atoms with Gasteiger partial charge in [-0.1, -0.05) is 17.7 Å². The van der Waals surface area contributed by atoms with Crippen molar-refractivity contribution in [2.24, 2.45) is 0 Å². The summed E-state index contributed by atoms with van der Waals surface area (Å²) in [7, 11) is 1.32. The van der Waals surface area contributed by atoms with Gasteiger partial charge in [-0.05, 0) is 36.8 Å². The first kappa shape index (κ1) is 21.0. The number of pyridine rings is 1. The number of benzene rings is 1. The number of carbonyl (C=O) groups excluding carboxylic acids is 1. The third-order valence-corrected chi connectivity index (χ3v) is 3.94. The molecule has 0 aliphatic rings. The Bertz CT molecular complexity index is 912. The number of aromatic nitrogens is 3. The standard InChI is InChI=1S/C16H15ClN4O2.2ClH/c1-9-19-13-5-6-14(16(22)23-2)20-15(13)21(9)8-10-3-4-11(18)7-12(10)17;;/h3-7H,8,18H2,1-2H3;2*1H. The number of esters is 1. The molecule has 0 radical (unpaired) electrons. The molecule has 0 aliphatic heterocycles. The fraction of sp³-hybridized carbons (Fsp3) is 0.188. The van der Waals surface area contributed by atoms with Crippen LogP contribution in [0.5, 0.6) is 0 Å². The van der Waals surface area contributed by atoms with Gasteiger partial charge in [-0.3, -0.25) is 0 Å². The molecule has 9 heteroatoms. The first-order valence-corrected chi connectivity index (χ1v) is 7.33. The molecule has 25 heavy (non-hydrogen) atoms. The van der Waals surface area contributed by atoms with Crippen molar-refractivity contribution >= 4 is 59.2 Å². The third kappa shape index (κ3) is 4.15. The van der Waals surface area contributed by atoms with E-state index in [0.717, 1.165) is 11.4 Å². The van der Waals surface area contributed by atoms with Crippen LogP contribution >= 0.6 is 36.4 Å². The van der Waals surface area contributed by atoms with Crippen LogP contribution in [-0.4, -0.2) is 27.6 Å². The summed E-state index contributed by atoms with van der Waals surface area (Å²) in [6, 6.07) is 8.72. The second kappa shape index (κ2) is 8.38. The molecular weight excluding hydrogens is 387 g/mol. The first-order valence-electron chi connectivity index (χ1n) is 6.95. The van der Waals surface area contributed by atoms with Crippen LogP contribution < -0.4 is 5.73 Å². The van der Waals surface area contributed by atoms with Crippen LogP contribution in [0.25, 0.3) is 11.2 Å². The second-order valence-electron chi connectivity index (χ2n) is 5.13. The predicted molar refractivity (Wildman–Crippen MR) is 103 cm³/mol. The summed E-state index contributed by atoms with van der Waals surface area (Å²) in [5, 5.41) is 0.579. The maximum absolute atomic E-state index is 11.7. The third-order valence-electron chi connectivity index (χ3n) is 3.58. The van der Waals surface area contributed by atoms with E-state index >= 15 is 0 Å². The molecule has 2 aromatic heterocycles. The van der Waals surface area contributed by atoms with Crippen molar-refractivity contribution in [1.82, 2.24) is 14.5 Å². The highest BCUT2D eigenvalue weighted by Gasteiger charge is 2.14. The molecule has 6 nitrogen and oxygen atoms in total. The first-order chi connectivity index (χ1) is 11.0. The normalized spacial score (nSPS) is 10.0. The Kier molecular flexibility index (Phi) is 7.05. The molecule has 3 rings (SSSR count). The summed E-state index contributed by atoms with van der Waals surface area (Å²) >= 11 is 6.25. The van der Waals surface area contributed by atoms with Crippen molar-refractivity contribution in [1.29, 1.82) is 0 Å². The predicted octanol–water partition coefficient (Wildman–Crippen LogP) is 3.65. The Morgan fingerprint density at radius 3 is 2.60 bits per heavy atom. The Balaban J connectivity index is 0.00000156. The molecule has 1 aromatic carbocycles. The molecule has 0 bridgehead atoms. The number of nitrogens with zero attached hydrogens (tertiary/aromatic N) is 3. The Labute approximate surface area is 162 Å². The van der Waals surface area contributed by atoms with E-state index < -0.39 is 5.97 Å². The van der Waals surface area contributed by atoms with E-state index in [1.807, 2.05) is 17.6 Å². The van der Waals surface area contributed by atoms with Gasteiger partial charge in [0, 0.05) is 10.7 Å². The number of rotatable bonds is 3. The average molecular weight is 404 g/mol. The molecule has 0 aliphatic carbocycles. The summed E-state index contributed by atoms with van der Waals surface area (Å²) in [6.07, 6.45) is 0. The van der Waals surface area contributed by atoms with E-state index in [-0.39, 0.29) is 30.5 Å². The molecule has 0 saturated heterocycles. The summed E-state index contributed by atoms with van der Waals surface area (Å²) in [5.74, 6) is 0.297. The lowest BCUT2D eigenvalue weighted by atomic mass is 10.2. The van der Waals surface area contributed by atoms with Gasteiger partial charge >= 0.3 is 5.97 Å². The zero-order valence-corrected chi connectivity index (χ0v) is 15.9. The van der Waals surface area contributed by atoms with E-state index in [1.165, 1.54) is 7.11 Å². The van der Waals surface area contributed by atoms with Gasteiger partial charge in [-0.25, -0.2) is 14.8 Å². The zero-order valence-electron chi connectivity index (χ0n) is 13.5. The van der Waals surface area contributed by atoms with Gasteiger partial charge in [0.05, 0.1) is 13.7 Å². The van der Waals surface area contributed by atoms with Gasteiger partial charge in [0.1, 0.15) is 11.3 Å². The molecule has 0 atom stereocenters. The minimum Gasteiger partial charge on any atom is -0.464 e. The largest absolute Gasteiger partial charge is 0.464 e. The zero-order chi connectivity index (χ0) is 16.6. The minimum atomic E-state index is -0.483. The molecule has 0 saturated carbocycles. The van der Waals surface area contributed by atoms with Crippen molar-refractivity contribution in [3.63, 3.8) is 0 Å². The molecular formula is C16H17Cl3N4O2. The van der Waals surface area contributed by atoms with Crippen LogP contribution in [0.3, 0.4) is 0 Å². The van der Waals surface area contributed by atoms with Crippen molar-refractivity contribution in [3.8, 4) is 0 Å². The molecule has 0 unspecified atom stereocenters. The Hall–Kier alpha value is -2.02. The average Bonchev–Trinajstić information content (AvgIpc) is 2.84. The summed E-state index contributed by atoms with van der Waals surface area (Å²) in [6.45, 7) is 2.36. The van der Waals surface area contributed by atoms with Crippen LogP contribution in [0, 0.1) is 6.92 Å². The number of aryl methyl sites for hydroxylation is 1. The quantitative estimate of drug-likeness (QED) is 0.533. The lowest BCUT2D eigenvalue weighted by Crippen LogP contribution is -2.07. The van der Waals surface area contributed by atoms with Gasteiger partial charge < -0.3 is 15.0 Å². The van der Waals surface area contributed by atoms with Crippen LogP contribution in [-0.2, 0) is 11.3 Å². The van der Waals surface area contributed by atoms with E-state index in [9.17, 15) is 4.79 Å². The molecule has 134 valence electrons. The van der Waals surface area contributed by atoms with Crippen molar-refractivity contribution in [2.75, 3.05) is 12.8 Å². The van der Waals surface area contributed by atoms with E-state index in [1.54, 1.807) is 24.3 Å². The van der Waals surface area contributed by atoms with Crippen LogP contribution in [0.15, 0.2) is 30.3 Å². The van der Waals surface area contributed by atoms with Crippen molar-refractivity contribution in [3.05, 3.63) is 52.4 Å². The number of halogens is 3. The fourth-order valence-corrected chi connectivity index (χ4v) is 2.63. The highest BCUT2D eigenvalue weighted by Crippen LogP contribution is 2.23. The lowest BCUT2D eigenvalue weighted by molar-refractivity contribution is 0.0594. The number of nitrogens with two attached hydrogens (primary N) is 1. The van der Waals surface area contributed by atoms with E-state index in [2.05, 4.69) is 9.97 Å². The number of anilines is 1. The SMILES string of the molecule is COC(=O)c1ccc2nc(C)n(Cc3ccc(N)cc3Cl)c2n1.Cl.Cl. The van der Waals surface area contributed by atoms with Gasteiger partial charge in [0.25, 0.3) is 0 Å². The number of hydrogen-bond acceptors (Lipinski definition) is 5.